The Hall–Kier alpha value is -1.56. The first-order valence-electron chi connectivity index (χ1n) is 4.25. The lowest BCUT2D eigenvalue weighted by molar-refractivity contribution is 0.314. The summed E-state index contributed by atoms with van der Waals surface area (Å²) in [7, 11) is 0. The van der Waals surface area contributed by atoms with Gasteiger partial charge in [-0.1, -0.05) is 5.16 Å². The minimum absolute atomic E-state index is 0.133. The van der Waals surface area contributed by atoms with Crippen LogP contribution in [0.1, 0.15) is 18.6 Å². The third-order valence-corrected chi connectivity index (χ3v) is 1.79. The molecule has 1 atom stereocenters. The zero-order valence-electron chi connectivity index (χ0n) is 8.19. The molecule has 6 heteroatoms. The van der Waals surface area contributed by atoms with E-state index >= 15 is 0 Å². The van der Waals surface area contributed by atoms with E-state index in [2.05, 4.69) is 15.5 Å². The minimum atomic E-state index is -0.216. The molecule has 0 bridgehead atoms. The fourth-order valence-electron chi connectivity index (χ4n) is 0.915. The molecular formula is C8H14N4O2. The van der Waals surface area contributed by atoms with E-state index < -0.39 is 0 Å². The van der Waals surface area contributed by atoms with Gasteiger partial charge in [0.1, 0.15) is 5.76 Å². The van der Waals surface area contributed by atoms with E-state index in [1.54, 1.807) is 13.1 Å². The highest BCUT2D eigenvalue weighted by atomic mass is 16.4. The largest absolute Gasteiger partial charge is 0.445 e. The van der Waals surface area contributed by atoms with Gasteiger partial charge in [-0.05, 0) is 13.8 Å². The summed E-state index contributed by atoms with van der Waals surface area (Å²) >= 11 is 0. The number of aryl methyl sites for hydroxylation is 1. The predicted molar refractivity (Wildman–Crippen MR) is 51.0 cm³/mol. The Morgan fingerprint density at radius 1 is 1.86 bits per heavy atom. The summed E-state index contributed by atoms with van der Waals surface area (Å²) in [6, 6.07) is -0.216. The monoisotopic (exact) mass is 198 g/mol. The average molecular weight is 198 g/mol. The van der Waals surface area contributed by atoms with E-state index in [4.69, 9.17) is 15.4 Å². The van der Waals surface area contributed by atoms with Crippen LogP contribution in [0.2, 0.25) is 0 Å². The molecule has 4 N–H and O–H groups in total. The Kier molecular flexibility index (Phi) is 3.47. The van der Waals surface area contributed by atoms with Crippen LogP contribution in [0.4, 0.5) is 0 Å². The van der Waals surface area contributed by atoms with Gasteiger partial charge in [-0.2, -0.15) is 0 Å². The van der Waals surface area contributed by atoms with Crippen LogP contribution >= 0.6 is 0 Å². The first-order valence-corrected chi connectivity index (χ1v) is 4.25. The van der Waals surface area contributed by atoms with Gasteiger partial charge in [0.05, 0.1) is 18.8 Å². The van der Waals surface area contributed by atoms with Crippen molar-refractivity contribution in [2.45, 2.75) is 26.4 Å². The van der Waals surface area contributed by atoms with Gasteiger partial charge in [0, 0.05) is 0 Å². The highest BCUT2D eigenvalue weighted by Crippen LogP contribution is 2.00. The highest BCUT2D eigenvalue weighted by molar-refractivity contribution is 5.84. The molecule has 0 radical (unpaired) electrons. The number of amidine groups is 1. The molecule has 0 aliphatic rings. The Balaban J connectivity index is 2.41. The van der Waals surface area contributed by atoms with Gasteiger partial charge in [0.15, 0.2) is 5.84 Å². The molecule has 0 fully saturated rings. The molecule has 6 nitrogen and oxygen atoms in total. The predicted octanol–water partition coefficient (Wildman–Crippen LogP) is 0.208. The Bertz CT molecular complexity index is 321. The first kappa shape index (κ1) is 10.5. The van der Waals surface area contributed by atoms with Crippen LogP contribution in [0, 0.1) is 6.92 Å². The Morgan fingerprint density at radius 2 is 2.57 bits per heavy atom. The second-order valence-corrected chi connectivity index (χ2v) is 2.99. The summed E-state index contributed by atoms with van der Waals surface area (Å²) in [5.74, 6) is 1.48. The van der Waals surface area contributed by atoms with E-state index in [1.165, 1.54) is 0 Å². The van der Waals surface area contributed by atoms with Gasteiger partial charge < -0.3 is 15.4 Å². The van der Waals surface area contributed by atoms with Gasteiger partial charge in [-0.25, -0.2) is 4.98 Å². The number of rotatable bonds is 4. The van der Waals surface area contributed by atoms with Crippen molar-refractivity contribution < 1.29 is 9.62 Å². The maximum absolute atomic E-state index is 8.39. The molecule has 1 aromatic rings. The van der Waals surface area contributed by atoms with Crippen molar-refractivity contribution in [3.05, 3.63) is 17.8 Å². The van der Waals surface area contributed by atoms with Gasteiger partial charge in [-0.3, -0.25) is 5.32 Å². The number of oxazole rings is 1. The molecule has 0 amide bonds. The summed E-state index contributed by atoms with van der Waals surface area (Å²) in [6.07, 6.45) is 1.64. The van der Waals surface area contributed by atoms with Crippen LogP contribution in [0.25, 0.3) is 0 Å². The molecule has 0 aliphatic carbocycles. The van der Waals surface area contributed by atoms with Crippen LogP contribution in [0.15, 0.2) is 15.8 Å². The van der Waals surface area contributed by atoms with Crippen LogP contribution in [0.5, 0.6) is 0 Å². The topological polar surface area (TPSA) is 96.7 Å². The fourth-order valence-corrected chi connectivity index (χ4v) is 0.915. The fraction of sp³-hybridized carbons (Fsp3) is 0.500. The van der Waals surface area contributed by atoms with E-state index in [9.17, 15) is 0 Å². The number of hydrogen-bond donors (Lipinski definition) is 3. The normalized spacial score (nSPS) is 14.3. The van der Waals surface area contributed by atoms with Gasteiger partial charge in [-0.15, -0.1) is 0 Å². The summed E-state index contributed by atoms with van der Waals surface area (Å²) in [4.78, 5) is 4.00. The third kappa shape index (κ3) is 2.74. The zero-order valence-corrected chi connectivity index (χ0v) is 8.19. The van der Waals surface area contributed by atoms with Crippen LogP contribution in [-0.2, 0) is 6.54 Å². The molecule has 0 saturated heterocycles. The van der Waals surface area contributed by atoms with Crippen molar-refractivity contribution in [1.82, 2.24) is 10.3 Å². The molecule has 1 unspecified atom stereocenters. The first-order chi connectivity index (χ1) is 6.63. The number of aromatic nitrogens is 1. The Morgan fingerprint density at radius 3 is 3.07 bits per heavy atom. The van der Waals surface area contributed by atoms with Crippen LogP contribution in [-0.4, -0.2) is 22.1 Å². The second kappa shape index (κ2) is 4.61. The molecule has 1 aromatic heterocycles. The molecule has 0 spiro atoms. The van der Waals surface area contributed by atoms with Crippen molar-refractivity contribution in [2.24, 2.45) is 10.9 Å². The lowest BCUT2D eigenvalue weighted by atomic mass is 10.3. The van der Waals surface area contributed by atoms with E-state index in [0.717, 1.165) is 5.76 Å². The smallest absolute Gasteiger partial charge is 0.208 e. The maximum Gasteiger partial charge on any atom is 0.208 e. The van der Waals surface area contributed by atoms with Crippen LogP contribution < -0.4 is 11.1 Å². The zero-order chi connectivity index (χ0) is 10.6. The number of nitrogens with one attached hydrogen (secondary N) is 1. The SMILES string of the molecule is Cc1cnc(CNC(C)/C(N)=N/O)o1. The molecule has 78 valence electrons. The molecule has 1 rings (SSSR count). The quantitative estimate of drug-likeness (QED) is 0.278. The number of hydrogen-bond acceptors (Lipinski definition) is 5. The van der Waals surface area contributed by atoms with Gasteiger partial charge >= 0.3 is 0 Å². The Labute approximate surface area is 81.8 Å². The number of nitrogens with two attached hydrogens (primary N) is 1. The lowest BCUT2D eigenvalue weighted by Gasteiger charge is -2.09. The van der Waals surface area contributed by atoms with E-state index in [0.29, 0.717) is 12.4 Å². The summed E-state index contributed by atoms with van der Waals surface area (Å²) in [5.41, 5.74) is 5.37. The average Bonchev–Trinajstić information content (AvgIpc) is 2.59. The summed E-state index contributed by atoms with van der Waals surface area (Å²) in [6.45, 7) is 4.06. The molecule has 0 aliphatic heterocycles. The standard InChI is InChI=1S/C8H14N4O2/c1-5-3-11-7(14-5)4-10-6(2)8(9)12-13/h3,6,10,13H,4H2,1-2H3,(H2,9,12). The molecular weight excluding hydrogens is 184 g/mol. The summed E-state index contributed by atoms with van der Waals surface area (Å²) < 4.78 is 5.23. The van der Waals surface area contributed by atoms with Crippen molar-refractivity contribution in [2.75, 3.05) is 0 Å². The number of oxime groups is 1. The maximum atomic E-state index is 8.39. The van der Waals surface area contributed by atoms with Crippen molar-refractivity contribution in [3.8, 4) is 0 Å². The molecule has 14 heavy (non-hydrogen) atoms. The lowest BCUT2D eigenvalue weighted by Crippen LogP contribution is -2.38. The number of nitrogens with zero attached hydrogens (tertiary/aromatic N) is 2. The minimum Gasteiger partial charge on any atom is -0.445 e. The molecule has 1 heterocycles. The van der Waals surface area contributed by atoms with E-state index in [-0.39, 0.29) is 11.9 Å². The molecule has 0 aromatic carbocycles. The van der Waals surface area contributed by atoms with Crippen LogP contribution in [0.3, 0.4) is 0 Å². The third-order valence-electron chi connectivity index (χ3n) is 1.79. The van der Waals surface area contributed by atoms with Crippen molar-refractivity contribution in [3.63, 3.8) is 0 Å². The second-order valence-electron chi connectivity index (χ2n) is 2.99. The van der Waals surface area contributed by atoms with Crippen molar-refractivity contribution >= 4 is 5.84 Å². The van der Waals surface area contributed by atoms with Gasteiger partial charge in [0.25, 0.3) is 0 Å². The molecule has 0 saturated carbocycles. The highest BCUT2D eigenvalue weighted by Gasteiger charge is 2.08. The summed E-state index contributed by atoms with van der Waals surface area (Å²) in [5, 5.41) is 14.3. The van der Waals surface area contributed by atoms with Crippen molar-refractivity contribution in [1.29, 1.82) is 0 Å². The van der Waals surface area contributed by atoms with Gasteiger partial charge in [0.2, 0.25) is 5.89 Å². The van der Waals surface area contributed by atoms with E-state index in [1.807, 2.05) is 6.92 Å².